The molecule has 0 aliphatic heterocycles. The molecule has 1 N–H and O–H groups in total. The van der Waals surface area contributed by atoms with Gasteiger partial charge in [0.1, 0.15) is 6.61 Å². The highest BCUT2D eigenvalue weighted by Gasteiger charge is 2.40. The topological polar surface area (TPSA) is 68.3 Å². The number of aromatic nitrogens is 1. The molecule has 1 fully saturated rings. The minimum atomic E-state index is -0.187. The normalized spacial score (nSPS) is 21.2. The van der Waals surface area contributed by atoms with E-state index in [2.05, 4.69) is 10.3 Å². The average molecular weight is 248 g/mol. The zero-order chi connectivity index (χ0) is 13.0. The van der Waals surface area contributed by atoms with E-state index in [1.54, 1.807) is 24.5 Å². The van der Waals surface area contributed by atoms with E-state index in [4.69, 9.17) is 4.74 Å². The second kappa shape index (κ2) is 5.62. The highest BCUT2D eigenvalue weighted by Crippen LogP contribution is 2.38. The summed E-state index contributed by atoms with van der Waals surface area (Å²) in [7, 11) is 0. The molecule has 0 spiro atoms. The van der Waals surface area contributed by atoms with Gasteiger partial charge in [0.05, 0.1) is 12.5 Å². The summed E-state index contributed by atoms with van der Waals surface area (Å²) < 4.78 is 5.06. The Bertz CT molecular complexity index is 433. The van der Waals surface area contributed by atoms with E-state index in [9.17, 15) is 9.59 Å². The van der Waals surface area contributed by atoms with Gasteiger partial charge >= 0.3 is 5.97 Å². The van der Waals surface area contributed by atoms with Crippen LogP contribution in [0.5, 0.6) is 0 Å². The van der Waals surface area contributed by atoms with E-state index in [1.165, 1.54) is 0 Å². The molecule has 1 heterocycles. The maximum absolute atomic E-state index is 11.6. The van der Waals surface area contributed by atoms with Crippen LogP contribution in [0.3, 0.4) is 0 Å². The van der Waals surface area contributed by atoms with E-state index in [0.717, 1.165) is 6.42 Å². The molecule has 0 saturated heterocycles. The summed E-state index contributed by atoms with van der Waals surface area (Å²) in [6, 6.07) is 3.26. The van der Waals surface area contributed by atoms with Crippen LogP contribution in [0.25, 0.3) is 0 Å². The predicted octanol–water partition coefficient (Wildman–Crippen LogP) is 1.01. The number of ether oxygens (including phenoxy) is 1. The highest BCUT2D eigenvalue weighted by molar-refractivity contribution is 5.93. The molecule has 0 radical (unpaired) electrons. The lowest BCUT2D eigenvalue weighted by molar-refractivity contribution is -0.145. The maximum Gasteiger partial charge on any atom is 0.309 e. The first-order valence-electron chi connectivity index (χ1n) is 6.03. The van der Waals surface area contributed by atoms with Gasteiger partial charge < -0.3 is 10.1 Å². The number of hydrogen-bond acceptors (Lipinski definition) is 4. The van der Waals surface area contributed by atoms with Crippen molar-refractivity contribution in [3.63, 3.8) is 0 Å². The first kappa shape index (κ1) is 12.5. The molecular weight excluding hydrogens is 232 g/mol. The highest BCUT2D eigenvalue weighted by atomic mass is 16.5. The van der Waals surface area contributed by atoms with Crippen molar-refractivity contribution in [3.05, 3.63) is 30.1 Å². The standard InChI is InChI=1S/C13H16N2O3/c1-9-8-11(9)13(17)18-7-6-15-12(16)10-2-4-14-5-3-10/h2-5,9,11H,6-8H2,1H3,(H,15,16). The van der Waals surface area contributed by atoms with Crippen molar-refractivity contribution < 1.29 is 14.3 Å². The van der Waals surface area contributed by atoms with Crippen LogP contribution in [0, 0.1) is 11.8 Å². The van der Waals surface area contributed by atoms with Crippen LogP contribution in [0.4, 0.5) is 0 Å². The number of nitrogens with one attached hydrogen (secondary N) is 1. The van der Waals surface area contributed by atoms with E-state index >= 15 is 0 Å². The summed E-state index contributed by atoms with van der Waals surface area (Å²) in [4.78, 5) is 26.8. The third-order valence-corrected chi connectivity index (χ3v) is 2.99. The van der Waals surface area contributed by atoms with Gasteiger partial charge in [-0.3, -0.25) is 14.6 Å². The Balaban J connectivity index is 1.64. The van der Waals surface area contributed by atoms with Gasteiger partial charge in [-0.05, 0) is 24.5 Å². The van der Waals surface area contributed by atoms with E-state index in [1.807, 2.05) is 6.92 Å². The molecule has 0 aromatic carbocycles. The third kappa shape index (κ3) is 3.29. The average Bonchev–Trinajstić information content (AvgIpc) is 3.12. The molecule has 1 aromatic rings. The number of esters is 1. The molecule has 1 amide bonds. The van der Waals surface area contributed by atoms with Crippen LogP contribution < -0.4 is 5.32 Å². The summed E-state index contributed by atoms with van der Waals surface area (Å²) in [5.74, 6) is 0.179. The zero-order valence-electron chi connectivity index (χ0n) is 10.3. The van der Waals surface area contributed by atoms with Crippen molar-refractivity contribution in [2.75, 3.05) is 13.2 Å². The van der Waals surface area contributed by atoms with Gasteiger partial charge in [-0.25, -0.2) is 0 Å². The van der Waals surface area contributed by atoms with Gasteiger partial charge in [0.25, 0.3) is 5.91 Å². The lowest BCUT2D eigenvalue weighted by Crippen LogP contribution is -2.28. The second-order valence-corrected chi connectivity index (χ2v) is 4.48. The summed E-state index contributed by atoms with van der Waals surface area (Å²) in [5, 5.41) is 2.68. The fourth-order valence-corrected chi connectivity index (χ4v) is 1.68. The smallest absolute Gasteiger partial charge is 0.309 e. The maximum atomic E-state index is 11.6. The quantitative estimate of drug-likeness (QED) is 0.623. The molecule has 0 bridgehead atoms. The number of pyridine rings is 1. The van der Waals surface area contributed by atoms with Crippen LogP contribution >= 0.6 is 0 Å². The summed E-state index contributed by atoms with van der Waals surface area (Å²) in [5.41, 5.74) is 0.548. The van der Waals surface area contributed by atoms with E-state index in [-0.39, 0.29) is 24.4 Å². The summed E-state index contributed by atoms with van der Waals surface area (Å²) in [6.07, 6.45) is 4.04. The van der Waals surface area contributed by atoms with Crippen molar-refractivity contribution in [1.29, 1.82) is 0 Å². The van der Waals surface area contributed by atoms with Crippen molar-refractivity contribution in [1.82, 2.24) is 10.3 Å². The Morgan fingerprint density at radius 2 is 2.11 bits per heavy atom. The van der Waals surface area contributed by atoms with Crippen molar-refractivity contribution >= 4 is 11.9 Å². The van der Waals surface area contributed by atoms with Crippen molar-refractivity contribution in [2.45, 2.75) is 13.3 Å². The van der Waals surface area contributed by atoms with Crippen LogP contribution in [-0.2, 0) is 9.53 Å². The molecule has 2 rings (SSSR count). The van der Waals surface area contributed by atoms with Crippen molar-refractivity contribution in [3.8, 4) is 0 Å². The molecule has 1 aromatic heterocycles. The van der Waals surface area contributed by atoms with Gasteiger partial charge in [0.15, 0.2) is 0 Å². The number of nitrogens with zero attached hydrogens (tertiary/aromatic N) is 1. The first-order chi connectivity index (χ1) is 8.68. The minimum absolute atomic E-state index is 0.0703. The van der Waals surface area contributed by atoms with Gasteiger partial charge in [0, 0.05) is 18.0 Å². The Hall–Kier alpha value is -1.91. The summed E-state index contributed by atoms with van der Waals surface area (Å²) >= 11 is 0. The fraction of sp³-hybridized carbons (Fsp3) is 0.462. The van der Waals surface area contributed by atoms with Crippen LogP contribution in [0.15, 0.2) is 24.5 Å². The molecular formula is C13H16N2O3. The fourth-order valence-electron chi connectivity index (χ4n) is 1.68. The molecule has 18 heavy (non-hydrogen) atoms. The number of hydrogen-bond donors (Lipinski definition) is 1. The largest absolute Gasteiger partial charge is 0.464 e. The number of carbonyl (C=O) groups is 2. The molecule has 1 saturated carbocycles. The molecule has 2 unspecified atom stereocenters. The monoisotopic (exact) mass is 248 g/mol. The molecule has 5 heteroatoms. The lowest BCUT2D eigenvalue weighted by Gasteiger charge is -2.06. The number of carbonyl (C=O) groups excluding carboxylic acids is 2. The number of rotatable bonds is 5. The van der Waals surface area contributed by atoms with Crippen molar-refractivity contribution in [2.24, 2.45) is 11.8 Å². The minimum Gasteiger partial charge on any atom is -0.464 e. The SMILES string of the molecule is CC1CC1C(=O)OCCNC(=O)c1ccncc1. The van der Waals surface area contributed by atoms with Gasteiger partial charge in [-0.2, -0.15) is 0 Å². The Morgan fingerprint density at radius 3 is 2.72 bits per heavy atom. The molecule has 2 atom stereocenters. The predicted molar refractivity (Wildman–Crippen MR) is 64.8 cm³/mol. The molecule has 96 valence electrons. The molecule has 1 aliphatic rings. The Labute approximate surface area is 106 Å². The van der Waals surface area contributed by atoms with E-state index < -0.39 is 0 Å². The van der Waals surface area contributed by atoms with Crippen LogP contribution in [0.2, 0.25) is 0 Å². The number of amides is 1. The molecule has 5 nitrogen and oxygen atoms in total. The van der Waals surface area contributed by atoms with Gasteiger partial charge in [-0.15, -0.1) is 0 Å². The first-order valence-corrected chi connectivity index (χ1v) is 6.03. The Kier molecular flexibility index (Phi) is 3.92. The molecule has 1 aliphatic carbocycles. The van der Waals surface area contributed by atoms with Crippen LogP contribution in [0.1, 0.15) is 23.7 Å². The zero-order valence-corrected chi connectivity index (χ0v) is 10.3. The third-order valence-electron chi connectivity index (χ3n) is 2.99. The lowest BCUT2D eigenvalue weighted by atomic mass is 10.2. The Morgan fingerprint density at radius 1 is 1.44 bits per heavy atom. The van der Waals surface area contributed by atoms with E-state index in [0.29, 0.717) is 18.0 Å². The van der Waals surface area contributed by atoms with Gasteiger partial charge in [0.2, 0.25) is 0 Å². The summed E-state index contributed by atoms with van der Waals surface area (Å²) in [6.45, 7) is 2.57. The second-order valence-electron chi connectivity index (χ2n) is 4.48. The van der Waals surface area contributed by atoms with Gasteiger partial charge in [-0.1, -0.05) is 6.92 Å². The van der Waals surface area contributed by atoms with Crippen LogP contribution in [-0.4, -0.2) is 30.0 Å².